The summed E-state index contributed by atoms with van der Waals surface area (Å²) in [5.41, 5.74) is 0.993. The van der Waals surface area contributed by atoms with Crippen molar-refractivity contribution in [3.63, 3.8) is 0 Å². The predicted octanol–water partition coefficient (Wildman–Crippen LogP) is 3.04. The van der Waals surface area contributed by atoms with Crippen LogP contribution in [0.15, 0.2) is 22.1 Å². The van der Waals surface area contributed by atoms with Gasteiger partial charge in [0, 0.05) is 16.4 Å². The molecule has 3 saturated heterocycles. The van der Waals surface area contributed by atoms with E-state index in [1.54, 1.807) is 11.3 Å². The normalized spacial score (nSPS) is 29.8. The lowest BCUT2D eigenvalue weighted by Crippen LogP contribution is -2.48. The van der Waals surface area contributed by atoms with Gasteiger partial charge in [-0.1, -0.05) is 5.21 Å². The lowest BCUT2D eigenvalue weighted by Gasteiger charge is -2.44. The van der Waals surface area contributed by atoms with Crippen LogP contribution in [0, 0.1) is 5.92 Å². The maximum atomic E-state index is 4.38. The van der Waals surface area contributed by atoms with Gasteiger partial charge in [0.1, 0.15) is 5.69 Å². The molecule has 3 fully saturated rings. The molecule has 1 atom stereocenters. The van der Waals surface area contributed by atoms with Gasteiger partial charge in [-0.05, 0) is 53.8 Å². The zero-order valence-electron chi connectivity index (χ0n) is 10.5. The number of hydrogen-bond donors (Lipinski definition) is 0. The second-order valence-corrected chi connectivity index (χ2v) is 7.25. The van der Waals surface area contributed by atoms with Gasteiger partial charge in [-0.2, -0.15) is 0 Å². The molecule has 5 rings (SSSR count). The Hall–Kier alpha value is -0.720. The minimum Gasteiger partial charge on any atom is -0.301 e. The minimum atomic E-state index is 0.521. The monoisotopic (exact) mass is 338 g/mol. The third-order valence-electron chi connectivity index (χ3n) is 4.29. The fourth-order valence-corrected chi connectivity index (χ4v) is 4.61. The summed E-state index contributed by atoms with van der Waals surface area (Å²) in [5.74, 6) is 0.787. The van der Waals surface area contributed by atoms with Crippen LogP contribution in [-0.2, 0) is 0 Å². The molecule has 0 aliphatic carbocycles. The van der Waals surface area contributed by atoms with Crippen molar-refractivity contribution in [2.75, 3.05) is 19.6 Å². The smallest absolute Gasteiger partial charge is 0.123 e. The molecule has 0 aromatic carbocycles. The van der Waals surface area contributed by atoms with Crippen molar-refractivity contribution >= 4 is 27.3 Å². The summed E-state index contributed by atoms with van der Waals surface area (Å²) in [6.45, 7) is 3.67. The van der Waals surface area contributed by atoms with Gasteiger partial charge >= 0.3 is 0 Å². The fraction of sp³-hybridized carbons (Fsp3) is 0.538. The van der Waals surface area contributed by atoms with Crippen LogP contribution in [0.3, 0.4) is 0 Å². The molecule has 2 aromatic heterocycles. The van der Waals surface area contributed by atoms with Gasteiger partial charge in [-0.15, -0.1) is 16.4 Å². The van der Waals surface area contributed by atoms with Crippen molar-refractivity contribution in [1.82, 2.24) is 19.9 Å². The first-order valence-electron chi connectivity index (χ1n) is 6.68. The third-order valence-corrected chi connectivity index (χ3v) is 6.01. The van der Waals surface area contributed by atoms with E-state index in [4.69, 9.17) is 0 Å². The van der Waals surface area contributed by atoms with Crippen LogP contribution in [0.25, 0.3) is 10.6 Å². The average Bonchev–Trinajstić information content (AvgIpc) is 3.08. The molecule has 100 valence electrons. The molecule has 2 aromatic rings. The summed E-state index contributed by atoms with van der Waals surface area (Å²) >= 11 is 5.19. The molecular formula is C13H15BrN4S. The van der Waals surface area contributed by atoms with Gasteiger partial charge in [-0.3, -0.25) is 0 Å². The maximum Gasteiger partial charge on any atom is 0.123 e. The molecule has 0 saturated carbocycles. The Kier molecular flexibility index (Phi) is 2.97. The summed E-state index contributed by atoms with van der Waals surface area (Å²) in [6.07, 6.45) is 4.74. The molecule has 0 amide bonds. The number of thiophene rings is 1. The number of hydrogen-bond acceptors (Lipinski definition) is 4. The standard InChI is InChI=1S/C13H15BrN4S/c14-10-5-13(19-8-10)11-6-18(16-15-11)12-7-17-3-1-9(12)2-4-17/h5-6,8-9,12H,1-4,7H2. The van der Waals surface area contributed by atoms with E-state index in [0.29, 0.717) is 6.04 Å². The molecule has 3 aliphatic heterocycles. The largest absolute Gasteiger partial charge is 0.301 e. The Morgan fingerprint density at radius 2 is 2.16 bits per heavy atom. The van der Waals surface area contributed by atoms with E-state index >= 15 is 0 Å². The summed E-state index contributed by atoms with van der Waals surface area (Å²) in [6, 6.07) is 2.63. The first-order chi connectivity index (χ1) is 9.29. The first-order valence-corrected chi connectivity index (χ1v) is 8.35. The lowest BCUT2D eigenvalue weighted by molar-refractivity contribution is 0.0504. The maximum absolute atomic E-state index is 4.38. The van der Waals surface area contributed by atoms with E-state index in [1.165, 1.54) is 30.8 Å². The Balaban J connectivity index is 1.61. The van der Waals surface area contributed by atoms with Gasteiger partial charge < -0.3 is 4.90 Å². The second-order valence-electron chi connectivity index (χ2n) is 5.42. The first kappa shape index (κ1) is 12.1. The molecule has 5 heterocycles. The van der Waals surface area contributed by atoms with Crippen LogP contribution in [-0.4, -0.2) is 39.5 Å². The molecule has 3 aliphatic rings. The van der Waals surface area contributed by atoms with E-state index in [0.717, 1.165) is 22.6 Å². The van der Waals surface area contributed by atoms with E-state index in [1.807, 2.05) is 0 Å². The SMILES string of the molecule is Brc1csc(-c2cn(C3CN4CCC3CC4)nn2)c1. The van der Waals surface area contributed by atoms with Crippen LogP contribution >= 0.6 is 27.3 Å². The molecule has 4 nitrogen and oxygen atoms in total. The molecular weight excluding hydrogens is 324 g/mol. The second kappa shape index (κ2) is 4.68. The van der Waals surface area contributed by atoms with Crippen LogP contribution in [0.1, 0.15) is 18.9 Å². The quantitative estimate of drug-likeness (QED) is 0.843. The molecule has 6 heteroatoms. The van der Waals surface area contributed by atoms with E-state index in [-0.39, 0.29) is 0 Å². The number of piperidine rings is 3. The summed E-state index contributed by atoms with van der Waals surface area (Å²) in [5, 5.41) is 10.8. The number of aromatic nitrogens is 3. The van der Waals surface area contributed by atoms with Crippen molar-refractivity contribution in [2.24, 2.45) is 5.92 Å². The van der Waals surface area contributed by atoms with Crippen molar-refractivity contribution in [3.8, 4) is 10.6 Å². The topological polar surface area (TPSA) is 34.0 Å². The average molecular weight is 339 g/mol. The number of fused-ring (bicyclic) bond motifs is 3. The van der Waals surface area contributed by atoms with E-state index < -0.39 is 0 Å². The van der Waals surface area contributed by atoms with Crippen LogP contribution in [0.5, 0.6) is 0 Å². The highest BCUT2D eigenvalue weighted by atomic mass is 79.9. The van der Waals surface area contributed by atoms with Gasteiger partial charge in [0.05, 0.1) is 17.1 Å². The van der Waals surface area contributed by atoms with Crippen molar-refractivity contribution in [3.05, 3.63) is 22.1 Å². The predicted molar refractivity (Wildman–Crippen MR) is 79.2 cm³/mol. The summed E-state index contributed by atoms with van der Waals surface area (Å²) in [7, 11) is 0. The summed E-state index contributed by atoms with van der Waals surface area (Å²) < 4.78 is 3.21. The fourth-order valence-electron chi connectivity index (χ4n) is 3.23. The molecule has 0 spiro atoms. The van der Waals surface area contributed by atoms with Crippen molar-refractivity contribution in [1.29, 1.82) is 0 Å². The van der Waals surface area contributed by atoms with Crippen LogP contribution in [0.4, 0.5) is 0 Å². The zero-order valence-corrected chi connectivity index (χ0v) is 12.9. The third kappa shape index (κ3) is 2.15. The van der Waals surface area contributed by atoms with Gasteiger partial charge in [0.15, 0.2) is 0 Å². The molecule has 0 N–H and O–H groups in total. The Labute approximate surface area is 124 Å². The van der Waals surface area contributed by atoms with Gasteiger partial charge in [-0.25, -0.2) is 4.68 Å². The molecule has 1 unspecified atom stereocenters. The van der Waals surface area contributed by atoms with Crippen molar-refractivity contribution < 1.29 is 0 Å². The van der Waals surface area contributed by atoms with E-state index in [9.17, 15) is 0 Å². The number of nitrogens with zero attached hydrogens (tertiary/aromatic N) is 4. The Morgan fingerprint density at radius 1 is 1.32 bits per heavy atom. The highest BCUT2D eigenvalue weighted by Gasteiger charge is 2.35. The van der Waals surface area contributed by atoms with Crippen LogP contribution in [0.2, 0.25) is 0 Å². The van der Waals surface area contributed by atoms with Gasteiger partial charge in [0.25, 0.3) is 0 Å². The number of rotatable bonds is 2. The molecule has 0 radical (unpaired) electrons. The summed E-state index contributed by atoms with van der Waals surface area (Å²) in [4.78, 5) is 3.73. The minimum absolute atomic E-state index is 0.521. The van der Waals surface area contributed by atoms with E-state index in [2.05, 4.69) is 53.5 Å². The van der Waals surface area contributed by atoms with Crippen LogP contribution < -0.4 is 0 Å². The molecule has 19 heavy (non-hydrogen) atoms. The zero-order chi connectivity index (χ0) is 12.8. The lowest BCUT2D eigenvalue weighted by atomic mass is 9.84. The highest BCUT2D eigenvalue weighted by molar-refractivity contribution is 9.10. The number of halogens is 1. The van der Waals surface area contributed by atoms with Gasteiger partial charge in [0.2, 0.25) is 0 Å². The van der Waals surface area contributed by atoms with Crippen molar-refractivity contribution in [2.45, 2.75) is 18.9 Å². The molecule has 2 bridgehead atoms. The highest BCUT2D eigenvalue weighted by Crippen LogP contribution is 2.36. The Bertz CT molecular complexity index is 585. The Morgan fingerprint density at radius 3 is 2.79 bits per heavy atom.